The summed E-state index contributed by atoms with van der Waals surface area (Å²) in [6.45, 7) is 5.15. The van der Waals surface area contributed by atoms with Gasteiger partial charge in [0.05, 0.1) is 12.2 Å². The molecule has 1 saturated carbocycles. The first-order chi connectivity index (χ1) is 13.6. The zero-order valence-electron chi connectivity index (χ0n) is 17.0. The molecule has 28 heavy (non-hydrogen) atoms. The van der Waals surface area contributed by atoms with Crippen molar-refractivity contribution in [2.24, 2.45) is 5.41 Å². The number of ether oxygens (including phenoxy) is 1. The van der Waals surface area contributed by atoms with Crippen LogP contribution in [0, 0.1) is 5.41 Å². The quantitative estimate of drug-likeness (QED) is 0.700. The van der Waals surface area contributed by atoms with Crippen molar-refractivity contribution in [1.82, 2.24) is 9.80 Å². The van der Waals surface area contributed by atoms with Crippen LogP contribution < -0.4 is 4.74 Å². The number of carbonyl (C=O) groups is 2. The van der Waals surface area contributed by atoms with E-state index in [0.29, 0.717) is 36.3 Å². The molecular formula is C23H32N2O3. The van der Waals surface area contributed by atoms with Crippen molar-refractivity contribution in [1.29, 1.82) is 0 Å². The fourth-order valence-electron chi connectivity index (χ4n) is 4.74. The number of likely N-dealkylation sites (tertiary alicyclic amines) is 2. The molecule has 2 amide bonds. The third kappa shape index (κ3) is 4.03. The smallest absolute Gasteiger partial charge is 0.257 e. The van der Waals surface area contributed by atoms with Crippen LogP contribution in [-0.2, 0) is 4.79 Å². The molecule has 0 bridgehead atoms. The van der Waals surface area contributed by atoms with Gasteiger partial charge >= 0.3 is 0 Å². The SMILES string of the molecule is CCCCOc1ccccc1C(=O)N1CCC[C@@]2(CCC(=O)N(C3CC3)C2)C1. The Morgan fingerprint density at radius 3 is 2.82 bits per heavy atom. The number of carbonyl (C=O) groups excluding carboxylic acids is 2. The zero-order chi connectivity index (χ0) is 19.6. The Morgan fingerprint density at radius 2 is 2.04 bits per heavy atom. The molecule has 1 aromatic carbocycles. The highest BCUT2D eigenvalue weighted by Crippen LogP contribution is 2.42. The molecule has 0 N–H and O–H groups in total. The molecule has 4 rings (SSSR count). The van der Waals surface area contributed by atoms with Gasteiger partial charge in [0.15, 0.2) is 0 Å². The minimum absolute atomic E-state index is 0.0704. The van der Waals surface area contributed by atoms with Crippen LogP contribution in [0.4, 0.5) is 0 Å². The number of unbranched alkanes of at least 4 members (excludes halogenated alkanes) is 1. The third-order valence-electron chi connectivity index (χ3n) is 6.50. The number of nitrogens with zero attached hydrogens (tertiary/aromatic N) is 2. The van der Waals surface area contributed by atoms with Gasteiger partial charge in [-0.25, -0.2) is 0 Å². The lowest BCUT2D eigenvalue weighted by atomic mass is 9.73. The molecule has 1 spiro atoms. The molecule has 3 fully saturated rings. The number of piperidine rings is 2. The highest BCUT2D eigenvalue weighted by Gasteiger charge is 2.46. The van der Waals surface area contributed by atoms with Crippen molar-refractivity contribution in [2.45, 2.75) is 64.3 Å². The average Bonchev–Trinajstić information content (AvgIpc) is 3.56. The van der Waals surface area contributed by atoms with Crippen LogP contribution in [-0.4, -0.2) is 53.9 Å². The molecule has 1 atom stereocenters. The highest BCUT2D eigenvalue weighted by atomic mass is 16.5. The predicted molar refractivity (Wildman–Crippen MR) is 108 cm³/mol. The van der Waals surface area contributed by atoms with Crippen LogP contribution in [0.15, 0.2) is 24.3 Å². The van der Waals surface area contributed by atoms with Crippen molar-refractivity contribution in [3.63, 3.8) is 0 Å². The molecule has 152 valence electrons. The molecule has 3 aliphatic rings. The summed E-state index contributed by atoms with van der Waals surface area (Å²) >= 11 is 0. The van der Waals surface area contributed by atoms with E-state index in [1.807, 2.05) is 29.2 Å². The molecule has 0 radical (unpaired) electrons. The zero-order valence-corrected chi connectivity index (χ0v) is 17.0. The summed E-state index contributed by atoms with van der Waals surface area (Å²) in [5, 5.41) is 0. The summed E-state index contributed by atoms with van der Waals surface area (Å²) in [5.41, 5.74) is 0.740. The Bertz CT molecular complexity index is 730. The number of hydrogen-bond acceptors (Lipinski definition) is 3. The first-order valence-corrected chi connectivity index (χ1v) is 10.9. The summed E-state index contributed by atoms with van der Waals surface area (Å²) in [6.07, 6.45) is 8.02. The maximum Gasteiger partial charge on any atom is 0.257 e. The first kappa shape index (κ1) is 19.3. The van der Waals surface area contributed by atoms with E-state index < -0.39 is 0 Å². The summed E-state index contributed by atoms with van der Waals surface area (Å²) in [5.74, 6) is 1.08. The van der Waals surface area contributed by atoms with Crippen molar-refractivity contribution < 1.29 is 14.3 Å². The van der Waals surface area contributed by atoms with E-state index in [4.69, 9.17) is 4.74 Å². The van der Waals surface area contributed by atoms with E-state index in [9.17, 15) is 9.59 Å². The number of hydrogen-bond donors (Lipinski definition) is 0. The maximum absolute atomic E-state index is 13.3. The van der Waals surface area contributed by atoms with Crippen molar-refractivity contribution in [2.75, 3.05) is 26.2 Å². The maximum atomic E-state index is 13.3. The number of para-hydroxylation sites is 1. The molecule has 2 aliphatic heterocycles. The van der Waals surface area contributed by atoms with Gasteiger partial charge in [-0.2, -0.15) is 0 Å². The normalized spacial score (nSPS) is 25.2. The van der Waals surface area contributed by atoms with E-state index >= 15 is 0 Å². The Labute approximate surface area is 168 Å². The minimum atomic E-state index is 0.0704. The number of benzene rings is 1. The average molecular weight is 385 g/mol. The van der Waals surface area contributed by atoms with Gasteiger partial charge in [-0.3, -0.25) is 9.59 Å². The lowest BCUT2D eigenvalue weighted by Crippen LogP contribution is -2.55. The van der Waals surface area contributed by atoms with E-state index in [2.05, 4.69) is 11.8 Å². The topological polar surface area (TPSA) is 49.9 Å². The fraction of sp³-hybridized carbons (Fsp3) is 0.652. The second-order valence-corrected chi connectivity index (χ2v) is 8.78. The van der Waals surface area contributed by atoms with Crippen LogP contribution in [0.1, 0.15) is 68.6 Å². The first-order valence-electron chi connectivity index (χ1n) is 10.9. The van der Waals surface area contributed by atoms with Crippen molar-refractivity contribution >= 4 is 11.8 Å². The minimum Gasteiger partial charge on any atom is -0.493 e. The summed E-state index contributed by atoms with van der Waals surface area (Å²) < 4.78 is 5.90. The van der Waals surface area contributed by atoms with Gasteiger partial charge in [-0.05, 0) is 50.7 Å². The van der Waals surface area contributed by atoms with Crippen LogP contribution in [0.25, 0.3) is 0 Å². The molecule has 5 heteroatoms. The van der Waals surface area contributed by atoms with E-state index in [1.165, 1.54) is 0 Å². The van der Waals surface area contributed by atoms with E-state index in [-0.39, 0.29) is 11.3 Å². The predicted octanol–water partition coefficient (Wildman–Crippen LogP) is 3.87. The van der Waals surface area contributed by atoms with Crippen LogP contribution >= 0.6 is 0 Å². The Kier molecular flexibility index (Phi) is 5.61. The van der Waals surface area contributed by atoms with E-state index in [1.54, 1.807) is 0 Å². The Hall–Kier alpha value is -2.04. The lowest BCUT2D eigenvalue weighted by Gasteiger charge is -2.48. The fourth-order valence-corrected chi connectivity index (χ4v) is 4.74. The van der Waals surface area contributed by atoms with Crippen LogP contribution in [0.3, 0.4) is 0 Å². The molecule has 0 aromatic heterocycles. The molecule has 0 unspecified atom stereocenters. The van der Waals surface area contributed by atoms with Gasteiger partial charge in [0, 0.05) is 37.5 Å². The second-order valence-electron chi connectivity index (χ2n) is 8.78. The molecule has 2 saturated heterocycles. The second kappa shape index (κ2) is 8.14. The molecule has 1 aromatic rings. The highest BCUT2D eigenvalue weighted by molar-refractivity contribution is 5.97. The van der Waals surface area contributed by atoms with Crippen LogP contribution in [0.5, 0.6) is 5.75 Å². The van der Waals surface area contributed by atoms with E-state index in [0.717, 1.165) is 64.6 Å². The van der Waals surface area contributed by atoms with Gasteiger partial charge in [0.2, 0.25) is 5.91 Å². The molecule has 2 heterocycles. The molecule has 5 nitrogen and oxygen atoms in total. The van der Waals surface area contributed by atoms with Gasteiger partial charge in [-0.15, -0.1) is 0 Å². The molecular weight excluding hydrogens is 352 g/mol. The lowest BCUT2D eigenvalue weighted by molar-refractivity contribution is -0.139. The monoisotopic (exact) mass is 384 g/mol. The standard InChI is InChI=1S/C23H32N2O3/c1-2-3-15-28-20-8-5-4-7-19(20)22(27)24-14-6-12-23(16-24)13-11-21(26)25(17-23)18-9-10-18/h4-5,7-8,18H,2-3,6,9-17H2,1H3/t23-/m1/s1. The number of rotatable bonds is 6. The van der Waals surface area contributed by atoms with Gasteiger partial charge in [0.25, 0.3) is 5.91 Å². The largest absolute Gasteiger partial charge is 0.493 e. The summed E-state index contributed by atoms with van der Waals surface area (Å²) in [4.78, 5) is 29.8. The summed E-state index contributed by atoms with van der Waals surface area (Å²) in [6, 6.07) is 8.08. The Morgan fingerprint density at radius 1 is 1.21 bits per heavy atom. The van der Waals surface area contributed by atoms with Gasteiger partial charge in [-0.1, -0.05) is 25.5 Å². The van der Waals surface area contributed by atoms with Crippen molar-refractivity contribution in [3.8, 4) is 5.75 Å². The third-order valence-corrected chi connectivity index (χ3v) is 6.50. The van der Waals surface area contributed by atoms with Gasteiger partial charge in [0.1, 0.15) is 5.75 Å². The Balaban J connectivity index is 1.47. The molecule has 1 aliphatic carbocycles. The number of amides is 2. The summed E-state index contributed by atoms with van der Waals surface area (Å²) in [7, 11) is 0. The van der Waals surface area contributed by atoms with Gasteiger partial charge < -0.3 is 14.5 Å². The van der Waals surface area contributed by atoms with Crippen LogP contribution in [0.2, 0.25) is 0 Å². The van der Waals surface area contributed by atoms with Crippen molar-refractivity contribution in [3.05, 3.63) is 29.8 Å².